The van der Waals surface area contributed by atoms with E-state index >= 15 is 0 Å². The fourth-order valence-corrected chi connectivity index (χ4v) is 2.92. The number of hydrogen-bond donors (Lipinski definition) is 1. The molecule has 0 amide bonds. The Labute approximate surface area is 116 Å². The van der Waals surface area contributed by atoms with E-state index in [2.05, 4.69) is 12.2 Å². The minimum absolute atomic E-state index is 0.568. The average Bonchev–Trinajstić information content (AvgIpc) is 2.98. The highest BCUT2D eigenvalue weighted by molar-refractivity contribution is 5.40. The Morgan fingerprint density at radius 3 is 2.58 bits per heavy atom. The highest BCUT2D eigenvalue weighted by Crippen LogP contribution is 2.28. The Morgan fingerprint density at radius 1 is 1.21 bits per heavy atom. The van der Waals surface area contributed by atoms with Gasteiger partial charge in [0.2, 0.25) is 0 Å². The fraction of sp³-hybridized carbons (Fsp3) is 0.625. The fourth-order valence-electron chi connectivity index (χ4n) is 2.92. The predicted octanol–water partition coefficient (Wildman–Crippen LogP) is 3.37. The van der Waals surface area contributed by atoms with Crippen LogP contribution in [0.15, 0.2) is 18.2 Å². The van der Waals surface area contributed by atoms with Gasteiger partial charge in [-0.15, -0.1) is 0 Å². The van der Waals surface area contributed by atoms with Gasteiger partial charge in [-0.2, -0.15) is 0 Å². The Morgan fingerprint density at radius 2 is 1.95 bits per heavy atom. The van der Waals surface area contributed by atoms with Crippen LogP contribution < -0.4 is 14.8 Å². The summed E-state index contributed by atoms with van der Waals surface area (Å²) in [5.41, 5.74) is 1.16. The van der Waals surface area contributed by atoms with Gasteiger partial charge >= 0.3 is 0 Å². The molecule has 0 aliphatic heterocycles. The van der Waals surface area contributed by atoms with Gasteiger partial charge < -0.3 is 14.8 Å². The summed E-state index contributed by atoms with van der Waals surface area (Å²) in [5, 5.41) is 3.63. The Kier molecular flexibility index (Phi) is 5.08. The molecule has 1 aliphatic rings. The molecule has 106 valence electrons. The Hall–Kier alpha value is -1.22. The van der Waals surface area contributed by atoms with Crippen molar-refractivity contribution < 1.29 is 9.47 Å². The minimum Gasteiger partial charge on any atom is -0.497 e. The van der Waals surface area contributed by atoms with Gasteiger partial charge in [0.15, 0.2) is 0 Å². The zero-order chi connectivity index (χ0) is 13.7. The van der Waals surface area contributed by atoms with E-state index < -0.39 is 0 Å². The Bertz CT molecular complexity index is 400. The molecule has 1 aromatic carbocycles. The summed E-state index contributed by atoms with van der Waals surface area (Å²) in [6.07, 6.45) is 5.51. The second kappa shape index (κ2) is 6.80. The summed E-state index contributed by atoms with van der Waals surface area (Å²) in [5.74, 6) is 2.63. The summed E-state index contributed by atoms with van der Waals surface area (Å²) in [6.45, 7) is 3.13. The smallest absolute Gasteiger partial charge is 0.123 e. The van der Waals surface area contributed by atoms with Crippen molar-refractivity contribution in [2.75, 3.05) is 14.2 Å². The molecule has 1 N–H and O–H groups in total. The molecule has 1 aliphatic carbocycles. The largest absolute Gasteiger partial charge is 0.497 e. The van der Waals surface area contributed by atoms with Gasteiger partial charge in [0.05, 0.1) is 14.2 Å². The molecular formula is C16H25NO2. The normalized spacial score (nSPS) is 17.4. The van der Waals surface area contributed by atoms with Crippen molar-refractivity contribution in [3.63, 3.8) is 0 Å². The number of methoxy groups -OCH3 is 2. The first-order chi connectivity index (χ1) is 9.24. The minimum atomic E-state index is 0.568. The maximum Gasteiger partial charge on any atom is 0.123 e. The van der Waals surface area contributed by atoms with Crippen LogP contribution >= 0.6 is 0 Å². The molecule has 2 rings (SSSR count). The van der Waals surface area contributed by atoms with Gasteiger partial charge in [0.1, 0.15) is 11.5 Å². The van der Waals surface area contributed by atoms with E-state index in [0.29, 0.717) is 6.04 Å². The third-order valence-electron chi connectivity index (χ3n) is 4.21. The first-order valence-electron chi connectivity index (χ1n) is 7.19. The van der Waals surface area contributed by atoms with Crippen molar-refractivity contribution >= 4 is 0 Å². The van der Waals surface area contributed by atoms with Crippen LogP contribution in [-0.2, 0) is 6.54 Å². The van der Waals surface area contributed by atoms with E-state index in [-0.39, 0.29) is 0 Å². The molecule has 19 heavy (non-hydrogen) atoms. The first kappa shape index (κ1) is 14.2. The SMILES string of the molecule is COc1ccc(OC)c(CN[C@H](C)C2CCCC2)c1. The van der Waals surface area contributed by atoms with E-state index in [4.69, 9.17) is 9.47 Å². The molecule has 3 heteroatoms. The van der Waals surface area contributed by atoms with Crippen LogP contribution in [0, 0.1) is 5.92 Å². The van der Waals surface area contributed by atoms with Crippen molar-refractivity contribution in [2.45, 2.75) is 45.2 Å². The number of hydrogen-bond acceptors (Lipinski definition) is 3. The molecule has 0 unspecified atom stereocenters. The van der Waals surface area contributed by atoms with E-state index in [0.717, 1.165) is 29.5 Å². The number of nitrogens with one attached hydrogen (secondary N) is 1. The lowest BCUT2D eigenvalue weighted by Gasteiger charge is -2.21. The maximum atomic E-state index is 5.41. The summed E-state index contributed by atoms with van der Waals surface area (Å²) >= 11 is 0. The maximum absolute atomic E-state index is 5.41. The van der Waals surface area contributed by atoms with Crippen LogP contribution in [0.25, 0.3) is 0 Å². The van der Waals surface area contributed by atoms with E-state index in [9.17, 15) is 0 Å². The van der Waals surface area contributed by atoms with Crippen LogP contribution in [0.5, 0.6) is 11.5 Å². The molecule has 1 atom stereocenters. The monoisotopic (exact) mass is 263 g/mol. The second-order valence-corrected chi connectivity index (χ2v) is 5.39. The summed E-state index contributed by atoms with van der Waals surface area (Å²) in [4.78, 5) is 0. The van der Waals surface area contributed by atoms with Gasteiger partial charge in [-0.3, -0.25) is 0 Å². The van der Waals surface area contributed by atoms with Gasteiger partial charge in [0.25, 0.3) is 0 Å². The average molecular weight is 263 g/mol. The molecule has 0 bridgehead atoms. The number of ether oxygens (including phenoxy) is 2. The molecular weight excluding hydrogens is 238 g/mol. The predicted molar refractivity (Wildman–Crippen MR) is 77.8 cm³/mol. The Balaban J connectivity index is 1.97. The zero-order valence-corrected chi connectivity index (χ0v) is 12.2. The third-order valence-corrected chi connectivity index (χ3v) is 4.21. The van der Waals surface area contributed by atoms with Gasteiger partial charge in [0, 0.05) is 18.2 Å². The topological polar surface area (TPSA) is 30.5 Å². The van der Waals surface area contributed by atoms with Gasteiger partial charge in [-0.05, 0) is 43.9 Å². The van der Waals surface area contributed by atoms with E-state index in [1.165, 1.54) is 25.7 Å². The molecule has 1 saturated carbocycles. The molecule has 3 nitrogen and oxygen atoms in total. The van der Waals surface area contributed by atoms with Crippen LogP contribution in [0.4, 0.5) is 0 Å². The number of rotatable bonds is 6. The summed E-state index contributed by atoms with van der Waals surface area (Å²) in [7, 11) is 3.41. The van der Waals surface area contributed by atoms with Crippen LogP contribution in [0.3, 0.4) is 0 Å². The second-order valence-electron chi connectivity index (χ2n) is 5.39. The zero-order valence-electron chi connectivity index (χ0n) is 12.2. The molecule has 0 spiro atoms. The quantitative estimate of drug-likeness (QED) is 0.853. The van der Waals surface area contributed by atoms with Crippen molar-refractivity contribution in [3.05, 3.63) is 23.8 Å². The van der Waals surface area contributed by atoms with Crippen molar-refractivity contribution in [1.82, 2.24) is 5.32 Å². The summed E-state index contributed by atoms with van der Waals surface area (Å²) < 4.78 is 10.7. The standard InChI is InChI=1S/C16H25NO2/c1-12(13-6-4-5-7-13)17-11-14-10-15(18-2)8-9-16(14)19-3/h8-10,12-13,17H,4-7,11H2,1-3H3/t12-/m1/s1. The molecule has 0 heterocycles. The molecule has 1 fully saturated rings. The lowest BCUT2D eigenvalue weighted by Crippen LogP contribution is -2.31. The number of benzene rings is 1. The highest BCUT2D eigenvalue weighted by atomic mass is 16.5. The molecule has 0 aromatic heterocycles. The van der Waals surface area contributed by atoms with E-state index in [1.807, 2.05) is 18.2 Å². The van der Waals surface area contributed by atoms with Gasteiger partial charge in [-0.25, -0.2) is 0 Å². The van der Waals surface area contributed by atoms with Crippen LogP contribution in [0.2, 0.25) is 0 Å². The van der Waals surface area contributed by atoms with Crippen molar-refractivity contribution in [2.24, 2.45) is 5.92 Å². The summed E-state index contributed by atoms with van der Waals surface area (Å²) in [6, 6.07) is 6.52. The van der Waals surface area contributed by atoms with Crippen molar-refractivity contribution in [3.8, 4) is 11.5 Å². The molecule has 1 aromatic rings. The van der Waals surface area contributed by atoms with E-state index in [1.54, 1.807) is 14.2 Å². The third kappa shape index (κ3) is 3.63. The molecule has 0 saturated heterocycles. The van der Waals surface area contributed by atoms with Gasteiger partial charge in [-0.1, -0.05) is 12.8 Å². The highest BCUT2D eigenvalue weighted by Gasteiger charge is 2.21. The van der Waals surface area contributed by atoms with Crippen LogP contribution in [0.1, 0.15) is 38.2 Å². The van der Waals surface area contributed by atoms with Crippen molar-refractivity contribution in [1.29, 1.82) is 0 Å². The lowest BCUT2D eigenvalue weighted by molar-refractivity contribution is 0.369. The molecule has 0 radical (unpaired) electrons. The first-order valence-corrected chi connectivity index (χ1v) is 7.19. The van der Waals surface area contributed by atoms with Crippen LogP contribution in [-0.4, -0.2) is 20.3 Å². The lowest BCUT2D eigenvalue weighted by atomic mass is 9.99.